The normalized spacial score (nSPS) is 13.1. The molecule has 0 saturated carbocycles. The predicted molar refractivity (Wildman–Crippen MR) is 86.7 cm³/mol. The molecule has 0 radical (unpaired) electrons. The molecule has 112 valence electrons. The van der Waals surface area contributed by atoms with Gasteiger partial charge in [0.2, 0.25) is 10.0 Å². The standard InChI is InChI=1S/C14H12Cl3NO2S/c15-11-6-12(16)8-13(7-11)21(19,20)18-9-14(17)10-4-2-1-3-5-10/h1-8,14,18H,9H2. The molecule has 0 aliphatic heterocycles. The average molecular weight is 365 g/mol. The van der Waals surface area contributed by atoms with Crippen molar-refractivity contribution < 1.29 is 8.42 Å². The van der Waals surface area contributed by atoms with E-state index in [1.165, 1.54) is 18.2 Å². The molecule has 0 saturated heterocycles. The minimum absolute atomic E-state index is 0.0110. The molecule has 0 bridgehead atoms. The van der Waals surface area contributed by atoms with Gasteiger partial charge in [-0.3, -0.25) is 0 Å². The first-order valence-electron chi connectivity index (χ1n) is 6.03. The van der Waals surface area contributed by atoms with E-state index in [4.69, 9.17) is 34.8 Å². The van der Waals surface area contributed by atoms with E-state index >= 15 is 0 Å². The third-order valence-electron chi connectivity index (χ3n) is 2.76. The summed E-state index contributed by atoms with van der Waals surface area (Å²) in [7, 11) is -3.71. The molecule has 3 nitrogen and oxygen atoms in total. The highest BCUT2D eigenvalue weighted by molar-refractivity contribution is 7.89. The molecule has 2 aromatic rings. The predicted octanol–water partition coefficient (Wildman–Crippen LogP) is 4.25. The number of benzene rings is 2. The van der Waals surface area contributed by atoms with E-state index in [1.54, 1.807) is 0 Å². The summed E-state index contributed by atoms with van der Waals surface area (Å²) in [5, 5.41) is 0.0531. The van der Waals surface area contributed by atoms with Gasteiger partial charge in [0.25, 0.3) is 0 Å². The molecule has 0 heterocycles. The first-order valence-corrected chi connectivity index (χ1v) is 8.71. The topological polar surface area (TPSA) is 46.2 Å². The number of sulfonamides is 1. The van der Waals surface area contributed by atoms with Crippen molar-refractivity contribution in [3.05, 3.63) is 64.1 Å². The second-order valence-electron chi connectivity index (χ2n) is 4.34. The molecule has 0 fully saturated rings. The molecule has 0 spiro atoms. The smallest absolute Gasteiger partial charge is 0.209 e. The first-order chi connectivity index (χ1) is 9.88. The van der Waals surface area contributed by atoms with Crippen molar-refractivity contribution in [1.82, 2.24) is 4.72 Å². The zero-order chi connectivity index (χ0) is 15.5. The molecule has 0 aromatic heterocycles. The lowest BCUT2D eigenvalue weighted by Crippen LogP contribution is -2.27. The molecule has 0 aliphatic carbocycles. The van der Waals surface area contributed by atoms with Gasteiger partial charge in [-0.1, -0.05) is 53.5 Å². The number of nitrogens with one attached hydrogen (secondary N) is 1. The average Bonchev–Trinajstić information content (AvgIpc) is 2.45. The summed E-state index contributed by atoms with van der Waals surface area (Å²) in [5.41, 5.74) is 0.839. The lowest BCUT2D eigenvalue weighted by atomic mass is 10.1. The van der Waals surface area contributed by atoms with Crippen LogP contribution in [0.2, 0.25) is 10.0 Å². The molecule has 1 N–H and O–H groups in total. The fraction of sp³-hybridized carbons (Fsp3) is 0.143. The molecule has 21 heavy (non-hydrogen) atoms. The van der Waals surface area contributed by atoms with Gasteiger partial charge in [0.15, 0.2) is 0 Å². The van der Waals surface area contributed by atoms with Crippen molar-refractivity contribution in [3.8, 4) is 0 Å². The van der Waals surface area contributed by atoms with Gasteiger partial charge in [0.1, 0.15) is 0 Å². The monoisotopic (exact) mass is 363 g/mol. The SMILES string of the molecule is O=S(=O)(NCC(Cl)c1ccccc1)c1cc(Cl)cc(Cl)c1. The minimum atomic E-state index is -3.71. The van der Waals surface area contributed by atoms with Crippen molar-refractivity contribution >= 4 is 44.8 Å². The zero-order valence-electron chi connectivity index (χ0n) is 10.8. The Morgan fingerprint density at radius 1 is 1.00 bits per heavy atom. The summed E-state index contributed by atoms with van der Waals surface area (Å²) in [6.45, 7) is 0.0675. The third kappa shape index (κ3) is 4.59. The van der Waals surface area contributed by atoms with Crippen LogP contribution in [0.15, 0.2) is 53.4 Å². The Kier molecular flexibility index (Phi) is 5.52. The van der Waals surface area contributed by atoms with Crippen LogP contribution in [-0.4, -0.2) is 15.0 Å². The summed E-state index contributed by atoms with van der Waals surface area (Å²) < 4.78 is 26.8. The lowest BCUT2D eigenvalue weighted by Gasteiger charge is -2.12. The first kappa shape index (κ1) is 16.6. The maximum absolute atomic E-state index is 12.2. The zero-order valence-corrected chi connectivity index (χ0v) is 13.8. The Bertz CT molecular complexity index is 700. The van der Waals surface area contributed by atoms with Crippen molar-refractivity contribution in [2.45, 2.75) is 10.3 Å². The Balaban J connectivity index is 2.11. The van der Waals surface area contributed by atoms with E-state index in [1.807, 2.05) is 30.3 Å². The highest BCUT2D eigenvalue weighted by atomic mass is 35.5. The number of hydrogen-bond donors (Lipinski definition) is 1. The van der Waals surface area contributed by atoms with E-state index in [9.17, 15) is 8.42 Å². The van der Waals surface area contributed by atoms with Gasteiger partial charge in [0.05, 0.1) is 10.3 Å². The van der Waals surface area contributed by atoms with E-state index in [0.29, 0.717) is 0 Å². The molecular weight excluding hydrogens is 353 g/mol. The second kappa shape index (κ2) is 6.99. The third-order valence-corrected chi connectivity index (χ3v) is 5.01. The van der Waals surface area contributed by atoms with Gasteiger partial charge in [-0.25, -0.2) is 13.1 Å². The van der Waals surface area contributed by atoms with Crippen LogP contribution in [0.1, 0.15) is 10.9 Å². The largest absolute Gasteiger partial charge is 0.240 e. The van der Waals surface area contributed by atoms with Crippen LogP contribution in [0.25, 0.3) is 0 Å². The summed E-state index contributed by atoms with van der Waals surface area (Å²) >= 11 is 17.8. The van der Waals surface area contributed by atoms with E-state index in [0.717, 1.165) is 5.56 Å². The van der Waals surface area contributed by atoms with Crippen molar-refractivity contribution in [2.75, 3.05) is 6.54 Å². The van der Waals surface area contributed by atoms with Crippen LogP contribution in [0.4, 0.5) is 0 Å². The highest BCUT2D eigenvalue weighted by Gasteiger charge is 2.17. The highest BCUT2D eigenvalue weighted by Crippen LogP contribution is 2.23. The number of rotatable bonds is 5. The van der Waals surface area contributed by atoms with Gasteiger partial charge < -0.3 is 0 Å². The minimum Gasteiger partial charge on any atom is -0.209 e. The fourth-order valence-corrected chi connectivity index (χ4v) is 3.82. The number of hydrogen-bond acceptors (Lipinski definition) is 2. The number of alkyl halides is 1. The van der Waals surface area contributed by atoms with Crippen LogP contribution in [-0.2, 0) is 10.0 Å². The van der Waals surface area contributed by atoms with Crippen molar-refractivity contribution in [2.24, 2.45) is 0 Å². The van der Waals surface area contributed by atoms with Crippen LogP contribution < -0.4 is 4.72 Å². The van der Waals surface area contributed by atoms with Gasteiger partial charge in [-0.15, -0.1) is 11.6 Å². The van der Waals surface area contributed by atoms with Gasteiger partial charge in [-0.05, 0) is 23.8 Å². The van der Waals surface area contributed by atoms with Crippen molar-refractivity contribution in [3.63, 3.8) is 0 Å². The second-order valence-corrected chi connectivity index (χ2v) is 7.50. The summed E-state index contributed by atoms with van der Waals surface area (Å²) in [5.74, 6) is 0. The quantitative estimate of drug-likeness (QED) is 0.806. The van der Waals surface area contributed by atoms with Gasteiger partial charge in [0, 0.05) is 16.6 Å². The molecule has 2 aromatic carbocycles. The van der Waals surface area contributed by atoms with Gasteiger partial charge in [-0.2, -0.15) is 0 Å². The van der Waals surface area contributed by atoms with Crippen LogP contribution in [0, 0.1) is 0 Å². The fourth-order valence-electron chi connectivity index (χ4n) is 1.73. The Hall–Kier alpha value is -0.780. The number of halogens is 3. The summed E-state index contributed by atoms with van der Waals surface area (Å²) in [4.78, 5) is 0.0110. The summed E-state index contributed by atoms with van der Waals surface area (Å²) in [6.07, 6.45) is 0. The molecule has 0 amide bonds. The van der Waals surface area contributed by atoms with Crippen LogP contribution in [0.5, 0.6) is 0 Å². The molecule has 0 aliphatic rings. The van der Waals surface area contributed by atoms with E-state index in [2.05, 4.69) is 4.72 Å². The maximum atomic E-state index is 12.2. The Morgan fingerprint density at radius 3 is 2.14 bits per heavy atom. The molecule has 7 heteroatoms. The van der Waals surface area contributed by atoms with Crippen molar-refractivity contribution in [1.29, 1.82) is 0 Å². The molecule has 1 atom stereocenters. The van der Waals surface area contributed by atoms with Gasteiger partial charge >= 0.3 is 0 Å². The lowest BCUT2D eigenvalue weighted by molar-refractivity contribution is 0.581. The molecule has 2 rings (SSSR count). The Morgan fingerprint density at radius 2 is 1.57 bits per heavy atom. The summed E-state index contributed by atoms with van der Waals surface area (Å²) in [6, 6.07) is 13.4. The molecule has 1 unspecified atom stereocenters. The molecular formula is C14H12Cl3NO2S. The van der Waals surface area contributed by atoms with E-state index in [-0.39, 0.29) is 21.5 Å². The maximum Gasteiger partial charge on any atom is 0.240 e. The van der Waals surface area contributed by atoms with E-state index < -0.39 is 15.4 Å². The Labute approximate surface area is 138 Å². The van der Waals surface area contributed by atoms with Crippen LogP contribution in [0.3, 0.4) is 0 Å². The van der Waals surface area contributed by atoms with Crippen LogP contribution >= 0.6 is 34.8 Å².